The zero-order valence-corrected chi connectivity index (χ0v) is 20.0. The molecule has 174 valence electrons. The molecule has 2 aromatic carbocycles. The summed E-state index contributed by atoms with van der Waals surface area (Å²) in [5.74, 6) is 3.11. The van der Waals surface area contributed by atoms with Crippen molar-refractivity contribution in [3.8, 4) is 17.2 Å². The van der Waals surface area contributed by atoms with Gasteiger partial charge in [-0.15, -0.1) is 0 Å². The second-order valence-electron chi connectivity index (χ2n) is 8.80. The Kier molecular flexibility index (Phi) is 6.96. The highest BCUT2D eigenvalue weighted by atomic mass is 32.2. The molecule has 0 aromatic heterocycles. The lowest BCUT2D eigenvalue weighted by atomic mass is 9.94. The molecule has 0 N–H and O–H groups in total. The van der Waals surface area contributed by atoms with E-state index in [4.69, 9.17) is 14.2 Å². The molecule has 0 radical (unpaired) electrons. The fourth-order valence-corrected chi connectivity index (χ4v) is 6.28. The molecule has 0 amide bonds. The van der Waals surface area contributed by atoms with Crippen LogP contribution in [0.1, 0.15) is 42.9 Å². The van der Waals surface area contributed by atoms with Gasteiger partial charge in [0.15, 0.2) is 21.3 Å². The second-order valence-corrected chi connectivity index (χ2v) is 10.9. The van der Waals surface area contributed by atoms with Crippen LogP contribution in [0.15, 0.2) is 35.2 Å². The monoisotopic (exact) mass is 459 g/mol. The van der Waals surface area contributed by atoms with Crippen LogP contribution in [-0.2, 0) is 16.4 Å². The quantitative estimate of drug-likeness (QED) is 0.579. The lowest BCUT2D eigenvalue weighted by Crippen LogP contribution is -2.33. The molecule has 0 unspecified atom stereocenters. The summed E-state index contributed by atoms with van der Waals surface area (Å²) in [4.78, 5) is 2.83. The van der Waals surface area contributed by atoms with E-state index in [2.05, 4.69) is 11.0 Å². The number of sulfone groups is 1. The minimum absolute atomic E-state index is 0.196. The summed E-state index contributed by atoms with van der Waals surface area (Å²) in [6, 6.07) is 9.53. The summed E-state index contributed by atoms with van der Waals surface area (Å²) in [5, 5.41) is 0. The van der Waals surface area contributed by atoms with Gasteiger partial charge in [-0.05, 0) is 88.4 Å². The lowest BCUT2D eigenvalue weighted by molar-refractivity contribution is 0.163. The van der Waals surface area contributed by atoms with Gasteiger partial charge in [0.2, 0.25) is 6.79 Å². The van der Waals surface area contributed by atoms with Crippen molar-refractivity contribution < 1.29 is 22.6 Å². The molecule has 6 nitrogen and oxygen atoms in total. The molecule has 1 fully saturated rings. The van der Waals surface area contributed by atoms with Gasteiger partial charge >= 0.3 is 0 Å². The third-order valence-electron chi connectivity index (χ3n) is 6.46. The molecule has 2 heterocycles. The van der Waals surface area contributed by atoms with Gasteiger partial charge in [0, 0.05) is 12.1 Å². The van der Waals surface area contributed by atoms with Crippen LogP contribution in [0.2, 0.25) is 0 Å². The molecule has 2 aliphatic heterocycles. The zero-order valence-electron chi connectivity index (χ0n) is 19.2. The first-order valence-corrected chi connectivity index (χ1v) is 13.1. The van der Waals surface area contributed by atoms with Gasteiger partial charge in [-0.1, -0.05) is 12.1 Å². The van der Waals surface area contributed by atoms with E-state index in [1.165, 1.54) is 0 Å². The standard InChI is InChI=1S/C25H33NO5S/c1-4-29-24-18(2)14-22(15-19(24)3)32(27,28)13-10-20-8-11-26(12-9-20)16-21-6-5-7-23-25(21)31-17-30-23/h5-7,14-15,20H,4,8-13,16-17H2,1-3H3. The molecule has 32 heavy (non-hydrogen) atoms. The van der Waals surface area contributed by atoms with Crippen LogP contribution in [-0.4, -0.2) is 45.6 Å². The Labute approximate surface area is 191 Å². The topological polar surface area (TPSA) is 65.1 Å². The number of hydrogen-bond acceptors (Lipinski definition) is 6. The van der Waals surface area contributed by atoms with Crippen LogP contribution in [0.25, 0.3) is 0 Å². The highest BCUT2D eigenvalue weighted by molar-refractivity contribution is 7.91. The summed E-state index contributed by atoms with van der Waals surface area (Å²) in [6.07, 6.45) is 2.74. The largest absolute Gasteiger partial charge is 0.493 e. The molecule has 4 rings (SSSR count). The summed E-state index contributed by atoms with van der Waals surface area (Å²) in [7, 11) is -3.30. The first-order valence-electron chi connectivity index (χ1n) is 11.4. The normalized spacial score (nSPS) is 17.0. The summed E-state index contributed by atoms with van der Waals surface area (Å²) in [5.41, 5.74) is 2.91. The Morgan fingerprint density at radius 3 is 2.50 bits per heavy atom. The predicted molar refractivity (Wildman–Crippen MR) is 124 cm³/mol. The van der Waals surface area contributed by atoms with Crippen molar-refractivity contribution in [2.75, 3.05) is 32.2 Å². The highest BCUT2D eigenvalue weighted by Gasteiger charge is 2.25. The maximum absolute atomic E-state index is 13.0. The molecule has 0 saturated carbocycles. The minimum Gasteiger partial charge on any atom is -0.493 e. The van der Waals surface area contributed by atoms with Crippen LogP contribution in [0.4, 0.5) is 0 Å². The van der Waals surface area contributed by atoms with Crippen molar-refractivity contribution >= 4 is 9.84 Å². The number of nitrogens with zero attached hydrogens (tertiary/aromatic N) is 1. The molecule has 0 aliphatic carbocycles. The highest BCUT2D eigenvalue weighted by Crippen LogP contribution is 2.36. The maximum atomic E-state index is 13.0. The number of ether oxygens (including phenoxy) is 3. The number of rotatable bonds is 8. The number of likely N-dealkylation sites (tertiary alicyclic amines) is 1. The van der Waals surface area contributed by atoms with Crippen LogP contribution in [0.5, 0.6) is 17.2 Å². The molecule has 7 heteroatoms. The molecular formula is C25H33NO5S. The fourth-order valence-electron chi connectivity index (χ4n) is 4.69. The molecule has 2 aromatic rings. The van der Waals surface area contributed by atoms with Crippen molar-refractivity contribution in [2.24, 2.45) is 5.92 Å². The average molecular weight is 460 g/mol. The van der Waals surface area contributed by atoms with Gasteiger partial charge in [0.25, 0.3) is 0 Å². The molecule has 0 spiro atoms. The van der Waals surface area contributed by atoms with Crippen molar-refractivity contribution in [3.63, 3.8) is 0 Å². The van der Waals surface area contributed by atoms with E-state index < -0.39 is 9.84 Å². The van der Waals surface area contributed by atoms with Gasteiger partial charge in [0.1, 0.15) is 5.75 Å². The number of aryl methyl sites for hydroxylation is 2. The van der Waals surface area contributed by atoms with E-state index in [1.54, 1.807) is 12.1 Å². The van der Waals surface area contributed by atoms with E-state index in [9.17, 15) is 8.42 Å². The number of fused-ring (bicyclic) bond motifs is 1. The van der Waals surface area contributed by atoms with E-state index in [0.717, 1.165) is 66.4 Å². The molecule has 0 bridgehead atoms. The molecular weight excluding hydrogens is 426 g/mol. The minimum atomic E-state index is -3.30. The van der Waals surface area contributed by atoms with Crippen LogP contribution < -0.4 is 14.2 Å². The Morgan fingerprint density at radius 2 is 1.81 bits per heavy atom. The fraction of sp³-hybridized carbons (Fsp3) is 0.520. The van der Waals surface area contributed by atoms with E-state index in [0.29, 0.717) is 23.8 Å². The van der Waals surface area contributed by atoms with Crippen LogP contribution >= 0.6 is 0 Å². The maximum Gasteiger partial charge on any atom is 0.231 e. The van der Waals surface area contributed by atoms with Gasteiger partial charge < -0.3 is 14.2 Å². The van der Waals surface area contributed by atoms with Crippen LogP contribution in [0.3, 0.4) is 0 Å². The van der Waals surface area contributed by atoms with Crippen molar-refractivity contribution in [3.05, 3.63) is 47.0 Å². The van der Waals surface area contributed by atoms with Crippen molar-refractivity contribution in [2.45, 2.75) is 51.5 Å². The number of hydrogen-bond donors (Lipinski definition) is 0. The molecule has 1 saturated heterocycles. The Hall–Kier alpha value is -2.25. The van der Waals surface area contributed by atoms with Gasteiger partial charge in [-0.2, -0.15) is 0 Å². The third kappa shape index (κ3) is 5.04. The van der Waals surface area contributed by atoms with E-state index in [-0.39, 0.29) is 12.5 Å². The summed E-state index contributed by atoms with van der Waals surface area (Å²) in [6.45, 7) is 9.38. The van der Waals surface area contributed by atoms with Crippen molar-refractivity contribution in [1.29, 1.82) is 0 Å². The first kappa shape index (κ1) is 22.9. The lowest BCUT2D eigenvalue weighted by Gasteiger charge is -2.32. The molecule has 0 atom stereocenters. The number of piperidine rings is 1. The van der Waals surface area contributed by atoms with Gasteiger partial charge in [0.05, 0.1) is 17.3 Å². The number of benzene rings is 2. The van der Waals surface area contributed by atoms with Gasteiger partial charge in [-0.25, -0.2) is 8.42 Å². The summed E-state index contributed by atoms with van der Waals surface area (Å²) < 4.78 is 42.7. The Bertz CT molecular complexity index is 1030. The number of para-hydroxylation sites is 1. The SMILES string of the molecule is CCOc1c(C)cc(S(=O)(=O)CCC2CCN(Cc3cccc4c3OCO4)CC2)cc1C. The Balaban J connectivity index is 1.31. The van der Waals surface area contributed by atoms with E-state index in [1.807, 2.05) is 32.9 Å². The summed E-state index contributed by atoms with van der Waals surface area (Å²) >= 11 is 0. The van der Waals surface area contributed by atoms with E-state index >= 15 is 0 Å². The Morgan fingerprint density at radius 1 is 1.09 bits per heavy atom. The smallest absolute Gasteiger partial charge is 0.231 e. The molecule has 2 aliphatic rings. The van der Waals surface area contributed by atoms with Crippen molar-refractivity contribution in [1.82, 2.24) is 4.90 Å². The predicted octanol–water partition coefficient (Wildman–Crippen LogP) is 4.51. The third-order valence-corrected chi connectivity index (χ3v) is 8.18. The van der Waals surface area contributed by atoms with Crippen LogP contribution in [0, 0.1) is 19.8 Å². The second kappa shape index (κ2) is 9.71. The average Bonchev–Trinajstić information content (AvgIpc) is 3.26. The zero-order chi connectivity index (χ0) is 22.7. The van der Waals surface area contributed by atoms with Gasteiger partial charge in [-0.3, -0.25) is 4.90 Å². The first-order chi connectivity index (χ1) is 15.4.